The Morgan fingerprint density at radius 3 is 2.48 bits per heavy atom. The fraction of sp³-hybridized carbons (Fsp3) is 0.273. The van der Waals surface area contributed by atoms with Crippen molar-refractivity contribution in [1.29, 1.82) is 0 Å². The lowest BCUT2D eigenvalue weighted by Crippen LogP contribution is -2.50. The number of hydrogen-bond donors (Lipinski definition) is 2. The minimum absolute atomic E-state index is 0.150. The van der Waals surface area contributed by atoms with Gasteiger partial charge in [0, 0.05) is 31.9 Å². The molecule has 1 saturated heterocycles. The van der Waals surface area contributed by atoms with Crippen LogP contribution in [0.5, 0.6) is 0 Å². The van der Waals surface area contributed by atoms with Crippen LogP contribution >= 0.6 is 11.6 Å². The van der Waals surface area contributed by atoms with Crippen molar-refractivity contribution in [2.45, 2.75) is 13.8 Å². The zero-order chi connectivity index (χ0) is 21.8. The number of hydrogen-bond acceptors (Lipinski definition) is 6. The van der Waals surface area contributed by atoms with Crippen LogP contribution < -0.4 is 15.5 Å². The predicted molar refractivity (Wildman–Crippen MR) is 123 cm³/mol. The van der Waals surface area contributed by atoms with Crippen LogP contribution in [0.25, 0.3) is 0 Å². The smallest absolute Gasteiger partial charge is 0.322 e. The first-order chi connectivity index (χ1) is 15.0. The summed E-state index contributed by atoms with van der Waals surface area (Å²) in [5.41, 5.74) is 2.60. The molecule has 1 aliphatic rings. The fourth-order valence-corrected chi connectivity index (χ4v) is 3.54. The molecule has 0 radical (unpaired) electrons. The number of anilines is 4. The number of aryl methyl sites for hydroxylation is 2. The molecular formula is C22H24ClN7O. The van der Waals surface area contributed by atoms with E-state index in [1.54, 1.807) is 11.0 Å². The molecule has 1 aliphatic heterocycles. The van der Waals surface area contributed by atoms with E-state index in [9.17, 15) is 4.79 Å². The summed E-state index contributed by atoms with van der Waals surface area (Å²) >= 11 is 6.19. The van der Waals surface area contributed by atoms with E-state index in [2.05, 4.69) is 30.7 Å². The highest BCUT2D eigenvalue weighted by molar-refractivity contribution is 6.33. The third-order valence-electron chi connectivity index (χ3n) is 5.05. The van der Waals surface area contributed by atoms with Crippen LogP contribution in [0.15, 0.2) is 48.5 Å². The topological polar surface area (TPSA) is 86.3 Å². The second-order valence-corrected chi connectivity index (χ2v) is 7.86. The lowest BCUT2D eigenvalue weighted by atomic mass is 10.2. The molecule has 0 saturated carbocycles. The predicted octanol–water partition coefficient (Wildman–Crippen LogP) is 4.24. The normalized spacial score (nSPS) is 13.8. The molecule has 2 amide bonds. The summed E-state index contributed by atoms with van der Waals surface area (Å²) in [6.45, 7) is 6.43. The molecule has 4 rings (SSSR count). The Kier molecular flexibility index (Phi) is 6.18. The quantitative estimate of drug-likeness (QED) is 0.634. The molecule has 9 heteroatoms. The molecule has 0 bridgehead atoms. The number of nitrogens with zero attached hydrogens (tertiary/aromatic N) is 5. The van der Waals surface area contributed by atoms with Gasteiger partial charge in [-0.05, 0) is 55.8 Å². The molecule has 31 heavy (non-hydrogen) atoms. The first-order valence-electron chi connectivity index (χ1n) is 10.1. The van der Waals surface area contributed by atoms with Gasteiger partial charge in [-0.1, -0.05) is 23.7 Å². The zero-order valence-electron chi connectivity index (χ0n) is 17.5. The number of aromatic nitrogens is 3. The van der Waals surface area contributed by atoms with Crippen LogP contribution in [0.1, 0.15) is 11.3 Å². The molecule has 0 unspecified atom stereocenters. The highest BCUT2D eigenvalue weighted by atomic mass is 35.5. The number of carbonyl (C=O) groups is 1. The molecule has 1 aromatic carbocycles. The van der Waals surface area contributed by atoms with Gasteiger partial charge < -0.3 is 20.4 Å². The molecule has 0 spiro atoms. The SMILES string of the molecule is Cc1ccc(Cl)c(NC(=O)N2CCN(c3ccc(Nc4cccc(C)n4)nn3)CC2)c1. The number of halogens is 1. The number of pyridine rings is 1. The van der Waals surface area contributed by atoms with Crippen LogP contribution in [0.2, 0.25) is 5.02 Å². The van der Waals surface area contributed by atoms with Crippen molar-refractivity contribution in [2.75, 3.05) is 41.7 Å². The van der Waals surface area contributed by atoms with Gasteiger partial charge >= 0.3 is 6.03 Å². The summed E-state index contributed by atoms with van der Waals surface area (Å²) in [5.74, 6) is 2.15. The molecule has 8 nitrogen and oxygen atoms in total. The van der Waals surface area contributed by atoms with E-state index in [-0.39, 0.29) is 6.03 Å². The van der Waals surface area contributed by atoms with Gasteiger partial charge in [0.25, 0.3) is 0 Å². The Labute approximate surface area is 186 Å². The van der Waals surface area contributed by atoms with E-state index in [4.69, 9.17) is 11.6 Å². The zero-order valence-corrected chi connectivity index (χ0v) is 18.2. The third kappa shape index (κ3) is 5.21. The summed E-state index contributed by atoms with van der Waals surface area (Å²) < 4.78 is 0. The molecule has 160 valence electrons. The lowest BCUT2D eigenvalue weighted by molar-refractivity contribution is 0.208. The Hall–Kier alpha value is -3.39. The minimum Gasteiger partial charge on any atom is -0.352 e. The van der Waals surface area contributed by atoms with Gasteiger partial charge in [0.05, 0.1) is 10.7 Å². The summed E-state index contributed by atoms with van der Waals surface area (Å²) in [6, 6.07) is 15.0. The second-order valence-electron chi connectivity index (χ2n) is 7.45. The monoisotopic (exact) mass is 437 g/mol. The number of benzene rings is 1. The van der Waals surface area contributed by atoms with Crippen molar-refractivity contribution < 1.29 is 4.79 Å². The van der Waals surface area contributed by atoms with E-state index in [0.717, 1.165) is 22.9 Å². The highest BCUT2D eigenvalue weighted by Gasteiger charge is 2.22. The molecule has 0 aliphatic carbocycles. The summed E-state index contributed by atoms with van der Waals surface area (Å²) in [6.07, 6.45) is 0. The highest BCUT2D eigenvalue weighted by Crippen LogP contribution is 2.23. The molecular weight excluding hydrogens is 414 g/mol. The van der Waals surface area contributed by atoms with E-state index in [1.807, 2.05) is 56.3 Å². The largest absolute Gasteiger partial charge is 0.352 e. The number of amides is 2. The van der Waals surface area contributed by atoms with Crippen molar-refractivity contribution in [3.63, 3.8) is 0 Å². The Morgan fingerprint density at radius 2 is 1.77 bits per heavy atom. The average molecular weight is 438 g/mol. The maximum absolute atomic E-state index is 12.6. The van der Waals surface area contributed by atoms with Crippen LogP contribution in [-0.2, 0) is 0 Å². The molecule has 1 fully saturated rings. The van der Waals surface area contributed by atoms with Crippen molar-refractivity contribution in [2.24, 2.45) is 0 Å². The molecule has 2 aromatic heterocycles. The van der Waals surface area contributed by atoms with Gasteiger partial charge in [-0.25, -0.2) is 9.78 Å². The maximum Gasteiger partial charge on any atom is 0.322 e. The van der Waals surface area contributed by atoms with Crippen LogP contribution in [0, 0.1) is 13.8 Å². The Bertz CT molecular complexity index is 1070. The molecule has 3 aromatic rings. The number of rotatable bonds is 4. The second kappa shape index (κ2) is 9.18. The van der Waals surface area contributed by atoms with Crippen molar-refractivity contribution in [1.82, 2.24) is 20.1 Å². The Balaban J connectivity index is 1.32. The van der Waals surface area contributed by atoms with E-state index in [0.29, 0.717) is 42.7 Å². The van der Waals surface area contributed by atoms with Gasteiger partial charge in [0.2, 0.25) is 0 Å². The molecule has 2 N–H and O–H groups in total. The molecule has 3 heterocycles. The number of piperazine rings is 1. The van der Waals surface area contributed by atoms with Crippen LogP contribution in [0.4, 0.5) is 27.9 Å². The summed E-state index contributed by atoms with van der Waals surface area (Å²) in [7, 11) is 0. The standard InChI is InChI=1S/C22H24ClN7O/c1-15-6-7-17(23)18(14-15)25-22(31)30-12-10-29(11-13-30)21-9-8-20(27-28-21)26-19-5-3-4-16(2)24-19/h3-9,14H,10-13H2,1-2H3,(H,25,31)(H,24,26,27). The number of nitrogens with one attached hydrogen (secondary N) is 2. The first kappa shape index (κ1) is 20.9. The van der Waals surface area contributed by atoms with Crippen molar-refractivity contribution in [3.05, 3.63) is 64.8 Å². The van der Waals surface area contributed by atoms with Gasteiger partial charge in [-0.2, -0.15) is 0 Å². The number of urea groups is 1. The summed E-state index contributed by atoms with van der Waals surface area (Å²) in [4.78, 5) is 20.9. The Morgan fingerprint density at radius 1 is 0.968 bits per heavy atom. The maximum atomic E-state index is 12.6. The van der Waals surface area contributed by atoms with Gasteiger partial charge in [-0.15, -0.1) is 10.2 Å². The van der Waals surface area contributed by atoms with Gasteiger partial charge in [0.1, 0.15) is 5.82 Å². The van der Waals surface area contributed by atoms with Crippen molar-refractivity contribution in [3.8, 4) is 0 Å². The molecule has 0 atom stereocenters. The van der Waals surface area contributed by atoms with E-state index < -0.39 is 0 Å². The van der Waals surface area contributed by atoms with E-state index in [1.165, 1.54) is 0 Å². The third-order valence-corrected chi connectivity index (χ3v) is 5.38. The first-order valence-corrected chi connectivity index (χ1v) is 10.5. The van der Waals surface area contributed by atoms with Crippen LogP contribution in [-0.4, -0.2) is 52.3 Å². The van der Waals surface area contributed by atoms with Crippen LogP contribution in [0.3, 0.4) is 0 Å². The lowest BCUT2D eigenvalue weighted by Gasteiger charge is -2.35. The number of carbonyl (C=O) groups excluding carboxylic acids is 1. The fourth-order valence-electron chi connectivity index (χ4n) is 3.37. The van der Waals surface area contributed by atoms with Gasteiger partial charge in [0.15, 0.2) is 11.6 Å². The van der Waals surface area contributed by atoms with E-state index >= 15 is 0 Å². The average Bonchev–Trinajstić information content (AvgIpc) is 2.77. The minimum atomic E-state index is -0.150. The van der Waals surface area contributed by atoms with Gasteiger partial charge in [-0.3, -0.25) is 0 Å². The summed E-state index contributed by atoms with van der Waals surface area (Å²) in [5, 5.41) is 15.2. The van der Waals surface area contributed by atoms with Crippen molar-refractivity contribution >= 4 is 40.8 Å².